The molecule has 0 atom stereocenters. The van der Waals surface area contributed by atoms with Crippen molar-refractivity contribution < 1.29 is 14.3 Å². The molecule has 140 valence electrons. The summed E-state index contributed by atoms with van der Waals surface area (Å²) in [5, 5.41) is 3.11. The third-order valence-electron chi connectivity index (χ3n) is 3.61. The van der Waals surface area contributed by atoms with E-state index in [0.717, 1.165) is 0 Å². The first-order chi connectivity index (χ1) is 13.1. The van der Waals surface area contributed by atoms with Gasteiger partial charge in [0.05, 0.1) is 36.6 Å². The SMILES string of the molecule is CCOc1ncc(NC(=O)Cn2cnc3ccccc3c2=O)c(OCC)n1. The number of carbonyl (C=O) groups excluding carboxylic acids is 1. The molecule has 0 radical (unpaired) electrons. The molecule has 2 heterocycles. The summed E-state index contributed by atoms with van der Waals surface area (Å²) in [7, 11) is 0. The normalized spacial score (nSPS) is 10.6. The second-order valence-corrected chi connectivity index (χ2v) is 5.48. The highest BCUT2D eigenvalue weighted by Gasteiger charge is 2.14. The highest BCUT2D eigenvalue weighted by atomic mass is 16.5. The van der Waals surface area contributed by atoms with Crippen molar-refractivity contribution in [3.05, 3.63) is 47.1 Å². The molecule has 3 aromatic rings. The Hall–Kier alpha value is -3.49. The Morgan fingerprint density at radius 1 is 1.15 bits per heavy atom. The summed E-state index contributed by atoms with van der Waals surface area (Å²) in [6.45, 7) is 4.19. The molecule has 0 aliphatic rings. The fourth-order valence-electron chi connectivity index (χ4n) is 2.45. The number of nitrogens with one attached hydrogen (secondary N) is 1. The first-order valence-corrected chi connectivity index (χ1v) is 8.49. The number of para-hydroxylation sites is 1. The Balaban J connectivity index is 1.80. The summed E-state index contributed by atoms with van der Waals surface area (Å²) in [4.78, 5) is 37.2. The number of fused-ring (bicyclic) bond motifs is 1. The lowest BCUT2D eigenvalue weighted by molar-refractivity contribution is -0.116. The number of rotatable bonds is 7. The quantitative estimate of drug-likeness (QED) is 0.674. The van der Waals surface area contributed by atoms with E-state index in [9.17, 15) is 9.59 Å². The molecule has 1 aromatic carbocycles. The fourth-order valence-corrected chi connectivity index (χ4v) is 2.45. The van der Waals surface area contributed by atoms with E-state index in [1.54, 1.807) is 31.2 Å². The number of hydrogen-bond acceptors (Lipinski definition) is 7. The fraction of sp³-hybridized carbons (Fsp3) is 0.278. The molecule has 0 fully saturated rings. The molecule has 0 unspecified atom stereocenters. The zero-order valence-electron chi connectivity index (χ0n) is 15.0. The molecule has 0 spiro atoms. The maximum Gasteiger partial charge on any atom is 0.319 e. The average molecular weight is 369 g/mol. The van der Waals surface area contributed by atoms with Crippen LogP contribution in [0.3, 0.4) is 0 Å². The molecule has 1 amide bonds. The number of benzene rings is 1. The van der Waals surface area contributed by atoms with Gasteiger partial charge in [0.1, 0.15) is 12.2 Å². The lowest BCUT2D eigenvalue weighted by Gasteiger charge is -2.12. The summed E-state index contributed by atoms with van der Waals surface area (Å²) in [6.07, 6.45) is 2.75. The van der Waals surface area contributed by atoms with Gasteiger partial charge in [-0.15, -0.1) is 0 Å². The van der Waals surface area contributed by atoms with Crippen molar-refractivity contribution in [2.24, 2.45) is 0 Å². The number of ether oxygens (including phenoxy) is 2. The summed E-state index contributed by atoms with van der Waals surface area (Å²) < 4.78 is 11.9. The van der Waals surface area contributed by atoms with Crippen molar-refractivity contribution in [2.45, 2.75) is 20.4 Å². The number of hydrogen-bond donors (Lipinski definition) is 1. The van der Waals surface area contributed by atoms with Crippen LogP contribution < -0.4 is 20.3 Å². The number of carbonyl (C=O) groups is 1. The van der Waals surface area contributed by atoms with E-state index in [1.807, 2.05) is 6.92 Å². The van der Waals surface area contributed by atoms with Gasteiger partial charge in [-0.3, -0.25) is 14.2 Å². The van der Waals surface area contributed by atoms with Gasteiger partial charge in [-0.1, -0.05) is 12.1 Å². The molecular weight excluding hydrogens is 350 g/mol. The van der Waals surface area contributed by atoms with E-state index < -0.39 is 5.91 Å². The molecule has 0 aliphatic carbocycles. The highest BCUT2D eigenvalue weighted by Crippen LogP contribution is 2.23. The van der Waals surface area contributed by atoms with Gasteiger partial charge in [-0.2, -0.15) is 4.98 Å². The van der Waals surface area contributed by atoms with E-state index in [1.165, 1.54) is 17.1 Å². The van der Waals surface area contributed by atoms with Crippen LogP contribution in [0.5, 0.6) is 11.9 Å². The molecule has 0 saturated heterocycles. The molecule has 9 nitrogen and oxygen atoms in total. The van der Waals surface area contributed by atoms with Crippen LogP contribution in [-0.2, 0) is 11.3 Å². The minimum Gasteiger partial charge on any atom is -0.476 e. The first-order valence-electron chi connectivity index (χ1n) is 8.49. The summed E-state index contributed by atoms with van der Waals surface area (Å²) in [5.41, 5.74) is 0.591. The average Bonchev–Trinajstić information content (AvgIpc) is 2.67. The van der Waals surface area contributed by atoms with Gasteiger partial charge in [-0.25, -0.2) is 9.97 Å². The van der Waals surface area contributed by atoms with Gasteiger partial charge in [0.15, 0.2) is 0 Å². The first kappa shape index (κ1) is 18.3. The second-order valence-electron chi connectivity index (χ2n) is 5.48. The largest absolute Gasteiger partial charge is 0.476 e. The molecule has 0 saturated carbocycles. The monoisotopic (exact) mass is 369 g/mol. The van der Waals surface area contributed by atoms with Crippen LogP contribution in [0.1, 0.15) is 13.8 Å². The lowest BCUT2D eigenvalue weighted by atomic mass is 10.2. The topological polar surface area (TPSA) is 108 Å². The third-order valence-corrected chi connectivity index (χ3v) is 3.61. The molecule has 0 aliphatic heterocycles. The third kappa shape index (κ3) is 4.20. The van der Waals surface area contributed by atoms with Crippen molar-refractivity contribution in [2.75, 3.05) is 18.5 Å². The van der Waals surface area contributed by atoms with Crippen molar-refractivity contribution in [1.29, 1.82) is 0 Å². The number of nitrogens with zero attached hydrogens (tertiary/aromatic N) is 4. The Kier molecular flexibility index (Phi) is 5.60. The van der Waals surface area contributed by atoms with E-state index in [-0.39, 0.29) is 24.0 Å². The van der Waals surface area contributed by atoms with Gasteiger partial charge in [0, 0.05) is 0 Å². The minimum atomic E-state index is -0.428. The Morgan fingerprint density at radius 3 is 2.70 bits per heavy atom. The maximum atomic E-state index is 12.5. The van der Waals surface area contributed by atoms with Crippen LogP contribution in [0.25, 0.3) is 10.9 Å². The van der Waals surface area contributed by atoms with Crippen LogP contribution in [0.15, 0.2) is 41.6 Å². The molecule has 27 heavy (non-hydrogen) atoms. The minimum absolute atomic E-state index is 0.161. The lowest BCUT2D eigenvalue weighted by Crippen LogP contribution is -2.28. The smallest absolute Gasteiger partial charge is 0.319 e. The predicted molar refractivity (Wildman–Crippen MR) is 99.0 cm³/mol. The predicted octanol–water partition coefficient (Wildman–Crippen LogP) is 1.62. The number of amides is 1. The van der Waals surface area contributed by atoms with Gasteiger partial charge >= 0.3 is 6.01 Å². The molecule has 0 bridgehead atoms. The van der Waals surface area contributed by atoms with Crippen molar-refractivity contribution in [3.8, 4) is 11.9 Å². The zero-order valence-corrected chi connectivity index (χ0v) is 15.0. The summed E-state index contributed by atoms with van der Waals surface area (Å²) in [6, 6.07) is 7.13. The van der Waals surface area contributed by atoms with Gasteiger partial charge in [-0.05, 0) is 26.0 Å². The van der Waals surface area contributed by atoms with Gasteiger partial charge < -0.3 is 14.8 Å². The van der Waals surface area contributed by atoms with E-state index in [2.05, 4.69) is 20.3 Å². The summed E-state index contributed by atoms with van der Waals surface area (Å²) in [5.74, 6) is -0.226. The molecule has 2 aromatic heterocycles. The van der Waals surface area contributed by atoms with E-state index >= 15 is 0 Å². The maximum absolute atomic E-state index is 12.5. The van der Waals surface area contributed by atoms with Gasteiger partial charge in [0.25, 0.3) is 5.56 Å². The van der Waals surface area contributed by atoms with Crippen molar-refractivity contribution >= 4 is 22.5 Å². The zero-order chi connectivity index (χ0) is 19.2. The van der Waals surface area contributed by atoms with Crippen LogP contribution in [-0.4, -0.2) is 38.6 Å². The van der Waals surface area contributed by atoms with Crippen LogP contribution in [0.2, 0.25) is 0 Å². The number of anilines is 1. The number of aromatic nitrogens is 4. The molecular formula is C18H19N5O4. The molecule has 1 N–H and O–H groups in total. The second kappa shape index (κ2) is 8.26. The Bertz CT molecular complexity index is 1020. The van der Waals surface area contributed by atoms with Crippen LogP contribution in [0.4, 0.5) is 5.69 Å². The molecule has 3 rings (SSSR count). The van der Waals surface area contributed by atoms with Gasteiger partial charge in [0.2, 0.25) is 11.8 Å². The van der Waals surface area contributed by atoms with E-state index in [4.69, 9.17) is 9.47 Å². The van der Waals surface area contributed by atoms with Crippen LogP contribution in [0, 0.1) is 0 Å². The summed E-state index contributed by atoms with van der Waals surface area (Å²) >= 11 is 0. The van der Waals surface area contributed by atoms with Crippen LogP contribution >= 0.6 is 0 Å². The Morgan fingerprint density at radius 2 is 1.93 bits per heavy atom. The van der Waals surface area contributed by atoms with E-state index in [0.29, 0.717) is 29.8 Å². The Labute approximate surface area is 155 Å². The highest BCUT2D eigenvalue weighted by molar-refractivity contribution is 5.91. The van der Waals surface area contributed by atoms with Crippen molar-refractivity contribution in [3.63, 3.8) is 0 Å². The van der Waals surface area contributed by atoms with Crippen molar-refractivity contribution in [1.82, 2.24) is 19.5 Å². The molecule has 9 heteroatoms. The standard InChI is InChI=1S/C18H19N5O4/c1-3-26-16-14(9-19-18(22-16)27-4-2)21-15(24)10-23-11-20-13-8-6-5-7-12(13)17(23)25/h5-9,11H,3-4,10H2,1-2H3,(H,21,24).